The first-order chi connectivity index (χ1) is 16.7. The van der Waals surface area contributed by atoms with Crippen molar-refractivity contribution in [3.63, 3.8) is 0 Å². The van der Waals surface area contributed by atoms with Crippen LogP contribution >= 0.6 is 0 Å². The monoisotopic (exact) mass is 492 g/mol. The molecule has 2 aromatic carbocycles. The molecule has 2 atom stereocenters. The molecule has 4 N–H and O–H groups in total. The number of hydrogen-bond donors (Lipinski definition) is 4. The van der Waals surface area contributed by atoms with E-state index in [0.717, 1.165) is 37.7 Å². The molecule has 2 fully saturated rings. The number of nitrogens with one attached hydrogen (secondary N) is 2. The van der Waals surface area contributed by atoms with Gasteiger partial charge in [0.2, 0.25) is 0 Å². The van der Waals surface area contributed by atoms with Gasteiger partial charge in [-0.2, -0.15) is 0 Å². The topological polar surface area (TPSA) is 71.0 Å². The highest BCUT2D eigenvalue weighted by atomic mass is 19.2. The highest BCUT2D eigenvalue weighted by molar-refractivity contribution is 5.65. The number of halogens is 3. The maximum atomic E-state index is 14.7. The molecule has 2 aliphatic rings. The van der Waals surface area contributed by atoms with Crippen LogP contribution in [0.25, 0.3) is 0 Å². The average Bonchev–Trinajstić information content (AvgIpc) is 3.28. The standard InChI is InChI=1S/C26H35F3N4O2/c1-3-17-7-10-22(21(28)12-17)31-24-19(8-9-20(27)23(24)29)25(34)33-15-26(35,16-33)14-30-13-18-6-5-11-32(18)4-2/h7-10,12,18,25,30-31,34-35H,3-6,11,13-16H2,1-2H3. The Labute approximate surface area is 204 Å². The molecular weight excluding hydrogens is 457 g/mol. The predicted octanol–water partition coefficient (Wildman–Crippen LogP) is 3.52. The van der Waals surface area contributed by atoms with Crippen molar-refractivity contribution in [2.24, 2.45) is 0 Å². The van der Waals surface area contributed by atoms with Crippen LogP contribution in [0, 0.1) is 17.5 Å². The third-order valence-electron chi connectivity index (χ3n) is 7.19. The Balaban J connectivity index is 1.41. The van der Waals surface area contributed by atoms with Gasteiger partial charge < -0.3 is 20.8 Å². The fraction of sp³-hybridized carbons (Fsp3) is 0.538. The fourth-order valence-electron chi connectivity index (χ4n) is 5.13. The quantitative estimate of drug-likeness (QED) is 0.407. The predicted molar refractivity (Wildman–Crippen MR) is 130 cm³/mol. The van der Waals surface area contributed by atoms with Gasteiger partial charge in [0.25, 0.3) is 0 Å². The second-order valence-corrected chi connectivity index (χ2v) is 9.68. The average molecular weight is 493 g/mol. The Kier molecular flexibility index (Phi) is 8.02. The normalized spacial score (nSPS) is 21.2. The maximum absolute atomic E-state index is 14.7. The van der Waals surface area contributed by atoms with Crippen molar-refractivity contribution < 1.29 is 23.4 Å². The number of aryl methyl sites for hydroxylation is 1. The summed E-state index contributed by atoms with van der Waals surface area (Å²) >= 11 is 0. The summed E-state index contributed by atoms with van der Waals surface area (Å²) in [6.07, 6.45) is 1.66. The molecule has 2 aliphatic heterocycles. The third kappa shape index (κ3) is 5.65. The molecule has 2 saturated heterocycles. The Hall–Kier alpha value is -2.17. The van der Waals surface area contributed by atoms with Crippen LogP contribution in [0.5, 0.6) is 0 Å². The molecule has 2 heterocycles. The van der Waals surface area contributed by atoms with Crippen molar-refractivity contribution in [1.29, 1.82) is 0 Å². The van der Waals surface area contributed by atoms with Gasteiger partial charge in [-0.3, -0.25) is 9.80 Å². The number of β-amino-alcohol motifs (C(OH)–C–C–N with tert-alkyl or cyclic N) is 1. The number of likely N-dealkylation sites (N-methyl/N-ethyl adjacent to an activating group) is 1. The largest absolute Gasteiger partial charge is 0.386 e. The van der Waals surface area contributed by atoms with Gasteiger partial charge in [-0.15, -0.1) is 0 Å². The van der Waals surface area contributed by atoms with E-state index in [-0.39, 0.29) is 30.0 Å². The number of rotatable bonds is 10. The van der Waals surface area contributed by atoms with Crippen LogP contribution in [0.3, 0.4) is 0 Å². The summed E-state index contributed by atoms with van der Waals surface area (Å²) in [7, 11) is 0. The molecule has 0 aromatic heterocycles. The van der Waals surface area contributed by atoms with Crippen molar-refractivity contribution in [2.45, 2.75) is 51.0 Å². The summed E-state index contributed by atoms with van der Waals surface area (Å²) in [4.78, 5) is 3.99. The smallest absolute Gasteiger partial charge is 0.182 e. The molecule has 35 heavy (non-hydrogen) atoms. The summed E-state index contributed by atoms with van der Waals surface area (Å²) < 4.78 is 43.3. The molecule has 2 unspecified atom stereocenters. The van der Waals surface area contributed by atoms with E-state index in [9.17, 15) is 23.4 Å². The van der Waals surface area contributed by atoms with Crippen LogP contribution in [0.2, 0.25) is 0 Å². The number of benzene rings is 2. The first kappa shape index (κ1) is 25.9. The van der Waals surface area contributed by atoms with Gasteiger partial charge in [-0.25, -0.2) is 13.2 Å². The van der Waals surface area contributed by atoms with E-state index >= 15 is 0 Å². The number of likely N-dealkylation sites (tertiary alicyclic amines) is 2. The lowest BCUT2D eigenvalue weighted by atomic mass is 9.92. The fourth-order valence-corrected chi connectivity index (χ4v) is 5.13. The van der Waals surface area contributed by atoms with E-state index in [4.69, 9.17) is 0 Å². The molecule has 0 saturated carbocycles. The van der Waals surface area contributed by atoms with E-state index in [1.807, 2.05) is 6.92 Å². The zero-order valence-electron chi connectivity index (χ0n) is 20.3. The van der Waals surface area contributed by atoms with Crippen LogP contribution in [0.15, 0.2) is 30.3 Å². The van der Waals surface area contributed by atoms with Crippen LogP contribution in [0.4, 0.5) is 24.5 Å². The van der Waals surface area contributed by atoms with E-state index < -0.39 is 29.3 Å². The Morgan fingerprint density at radius 1 is 1.11 bits per heavy atom. The van der Waals surface area contributed by atoms with Crippen molar-refractivity contribution >= 4 is 11.4 Å². The van der Waals surface area contributed by atoms with Crippen molar-refractivity contribution in [2.75, 3.05) is 44.6 Å². The van der Waals surface area contributed by atoms with Gasteiger partial charge in [0.15, 0.2) is 11.6 Å². The van der Waals surface area contributed by atoms with Gasteiger partial charge in [-0.05, 0) is 62.2 Å². The SMILES string of the molecule is CCc1ccc(Nc2c(C(O)N3CC(O)(CNCC4CCCN4CC)C3)ccc(F)c2F)c(F)c1. The summed E-state index contributed by atoms with van der Waals surface area (Å²) in [6, 6.07) is 7.18. The lowest BCUT2D eigenvalue weighted by molar-refractivity contribution is -0.160. The van der Waals surface area contributed by atoms with Gasteiger partial charge in [-0.1, -0.05) is 19.9 Å². The molecule has 0 spiro atoms. The second kappa shape index (κ2) is 10.8. The summed E-state index contributed by atoms with van der Waals surface area (Å²) in [5, 5.41) is 27.7. The maximum Gasteiger partial charge on any atom is 0.182 e. The van der Waals surface area contributed by atoms with Gasteiger partial charge in [0.1, 0.15) is 17.6 Å². The highest BCUT2D eigenvalue weighted by Crippen LogP contribution is 2.36. The number of hydrogen-bond acceptors (Lipinski definition) is 6. The molecule has 0 amide bonds. The molecule has 9 heteroatoms. The lowest BCUT2D eigenvalue weighted by Gasteiger charge is -2.49. The van der Waals surface area contributed by atoms with Crippen molar-refractivity contribution in [1.82, 2.24) is 15.1 Å². The first-order valence-electron chi connectivity index (χ1n) is 12.4. The van der Waals surface area contributed by atoms with Crippen LogP contribution in [-0.4, -0.2) is 70.9 Å². The zero-order chi connectivity index (χ0) is 25.2. The molecule has 0 bridgehead atoms. The Morgan fingerprint density at radius 2 is 1.89 bits per heavy atom. The van der Waals surface area contributed by atoms with E-state index in [0.29, 0.717) is 19.0 Å². The van der Waals surface area contributed by atoms with Gasteiger partial charge >= 0.3 is 0 Å². The highest BCUT2D eigenvalue weighted by Gasteiger charge is 2.44. The summed E-state index contributed by atoms with van der Waals surface area (Å²) in [5.41, 5.74) is -0.517. The molecule has 192 valence electrons. The number of aliphatic hydroxyl groups excluding tert-OH is 1. The van der Waals surface area contributed by atoms with Crippen LogP contribution in [-0.2, 0) is 6.42 Å². The molecule has 0 radical (unpaired) electrons. The van der Waals surface area contributed by atoms with Crippen molar-refractivity contribution in [3.8, 4) is 0 Å². The second-order valence-electron chi connectivity index (χ2n) is 9.68. The molecule has 0 aliphatic carbocycles. The van der Waals surface area contributed by atoms with E-state index in [2.05, 4.69) is 22.5 Å². The third-order valence-corrected chi connectivity index (χ3v) is 7.19. The molecule has 6 nitrogen and oxygen atoms in total. The van der Waals surface area contributed by atoms with Crippen LogP contribution < -0.4 is 10.6 Å². The zero-order valence-corrected chi connectivity index (χ0v) is 20.3. The van der Waals surface area contributed by atoms with Crippen molar-refractivity contribution in [3.05, 3.63) is 58.9 Å². The molecule has 4 rings (SSSR count). The minimum Gasteiger partial charge on any atom is -0.386 e. The minimum absolute atomic E-state index is 0.0162. The van der Waals surface area contributed by atoms with Gasteiger partial charge in [0, 0.05) is 37.8 Å². The van der Waals surface area contributed by atoms with E-state index in [1.54, 1.807) is 11.0 Å². The van der Waals surface area contributed by atoms with Gasteiger partial charge in [0.05, 0.1) is 11.4 Å². The number of nitrogens with zero attached hydrogens (tertiary/aromatic N) is 2. The molecule has 2 aromatic rings. The lowest BCUT2D eigenvalue weighted by Crippen LogP contribution is -2.66. The van der Waals surface area contributed by atoms with Crippen LogP contribution in [0.1, 0.15) is 44.0 Å². The molecular formula is C26H35F3N4O2. The number of aliphatic hydroxyl groups is 2. The first-order valence-corrected chi connectivity index (χ1v) is 12.4. The van der Waals surface area contributed by atoms with E-state index in [1.165, 1.54) is 24.6 Å². The minimum atomic E-state index is -1.30. The number of anilines is 2. The Bertz CT molecular complexity index is 1030. The summed E-state index contributed by atoms with van der Waals surface area (Å²) in [6.45, 7) is 7.65. The summed E-state index contributed by atoms with van der Waals surface area (Å²) in [5.74, 6) is -2.90. The Morgan fingerprint density at radius 3 is 2.57 bits per heavy atom.